The van der Waals surface area contributed by atoms with E-state index in [-0.39, 0.29) is 5.78 Å². The fourth-order valence-corrected chi connectivity index (χ4v) is 1.30. The molecule has 0 radical (unpaired) electrons. The Bertz CT molecular complexity index is 474. The number of rotatable bonds is 2. The van der Waals surface area contributed by atoms with E-state index >= 15 is 0 Å². The molecule has 2 heterocycles. The summed E-state index contributed by atoms with van der Waals surface area (Å²) in [6, 6.07) is 3.04. The van der Waals surface area contributed by atoms with Crippen LogP contribution in [0.2, 0.25) is 0 Å². The van der Waals surface area contributed by atoms with Crippen molar-refractivity contribution in [2.24, 2.45) is 5.73 Å². The predicted molar refractivity (Wildman–Crippen MR) is 52.0 cm³/mol. The summed E-state index contributed by atoms with van der Waals surface area (Å²) >= 11 is 0. The molecule has 0 saturated carbocycles. The number of hydrogen-bond acceptors (Lipinski definition) is 4. The first-order valence-electron chi connectivity index (χ1n) is 4.32. The molecule has 0 amide bonds. The van der Waals surface area contributed by atoms with Crippen LogP contribution in [0.15, 0.2) is 29.0 Å². The van der Waals surface area contributed by atoms with Gasteiger partial charge in [0.25, 0.3) is 0 Å². The summed E-state index contributed by atoms with van der Waals surface area (Å²) in [5, 5.41) is 0.717. The standard InChI is InChI=1S/C10H10N2O2/c1-6(11)9(13)8-5-14-10-7(8)3-2-4-12-10/h2-6H,11H2,1H3. The molecule has 72 valence electrons. The van der Waals surface area contributed by atoms with Gasteiger partial charge in [0.05, 0.1) is 17.0 Å². The first-order valence-corrected chi connectivity index (χ1v) is 4.32. The van der Waals surface area contributed by atoms with E-state index in [1.807, 2.05) is 0 Å². The van der Waals surface area contributed by atoms with Gasteiger partial charge in [0, 0.05) is 6.20 Å². The van der Waals surface area contributed by atoms with Crippen LogP contribution in [0.1, 0.15) is 17.3 Å². The van der Waals surface area contributed by atoms with Crippen LogP contribution in [-0.4, -0.2) is 16.8 Å². The summed E-state index contributed by atoms with van der Waals surface area (Å²) in [6.07, 6.45) is 3.02. The maximum atomic E-state index is 11.6. The van der Waals surface area contributed by atoms with E-state index in [0.717, 1.165) is 5.39 Å². The van der Waals surface area contributed by atoms with Gasteiger partial charge in [-0.2, -0.15) is 0 Å². The summed E-state index contributed by atoms with van der Waals surface area (Å²) in [5.74, 6) is -0.128. The number of Topliss-reactive ketones (excluding diaryl/α,β-unsaturated/α-hetero) is 1. The smallest absolute Gasteiger partial charge is 0.226 e. The predicted octanol–water partition coefficient (Wildman–Crippen LogP) is 1.36. The molecule has 0 saturated heterocycles. The SMILES string of the molecule is CC(N)C(=O)c1coc2ncccc12. The highest BCUT2D eigenvalue weighted by Gasteiger charge is 2.16. The summed E-state index contributed by atoms with van der Waals surface area (Å²) < 4.78 is 5.13. The van der Waals surface area contributed by atoms with Gasteiger partial charge in [-0.25, -0.2) is 4.98 Å². The molecule has 4 heteroatoms. The molecule has 0 bridgehead atoms. The average Bonchev–Trinajstić information content (AvgIpc) is 2.60. The second-order valence-electron chi connectivity index (χ2n) is 3.16. The molecule has 1 atom stereocenters. The number of ketones is 1. The zero-order valence-corrected chi connectivity index (χ0v) is 7.73. The molecule has 0 fully saturated rings. The molecule has 4 nitrogen and oxygen atoms in total. The van der Waals surface area contributed by atoms with Gasteiger partial charge in [-0.05, 0) is 19.1 Å². The number of carbonyl (C=O) groups excluding carboxylic acids is 1. The second-order valence-corrected chi connectivity index (χ2v) is 3.16. The van der Waals surface area contributed by atoms with Gasteiger partial charge in [-0.15, -0.1) is 0 Å². The lowest BCUT2D eigenvalue weighted by molar-refractivity contribution is 0.0968. The number of pyridine rings is 1. The van der Waals surface area contributed by atoms with Crippen molar-refractivity contribution in [3.8, 4) is 0 Å². The molecule has 14 heavy (non-hydrogen) atoms. The quantitative estimate of drug-likeness (QED) is 0.726. The van der Waals surface area contributed by atoms with Gasteiger partial charge in [0.2, 0.25) is 5.71 Å². The molecule has 0 aromatic carbocycles. The van der Waals surface area contributed by atoms with Crippen molar-refractivity contribution in [1.29, 1.82) is 0 Å². The topological polar surface area (TPSA) is 69.1 Å². The minimum atomic E-state index is -0.518. The summed E-state index contributed by atoms with van der Waals surface area (Å²) in [6.45, 7) is 1.65. The highest BCUT2D eigenvalue weighted by molar-refractivity contribution is 6.08. The lowest BCUT2D eigenvalue weighted by atomic mass is 10.1. The van der Waals surface area contributed by atoms with Crippen LogP contribution in [0.25, 0.3) is 11.1 Å². The first kappa shape index (κ1) is 8.90. The molecule has 2 N–H and O–H groups in total. The minimum Gasteiger partial charge on any atom is -0.445 e. The van der Waals surface area contributed by atoms with Crippen LogP contribution in [-0.2, 0) is 0 Å². The van der Waals surface area contributed by atoms with E-state index in [1.165, 1.54) is 6.26 Å². The zero-order valence-electron chi connectivity index (χ0n) is 7.73. The normalized spacial score (nSPS) is 13.0. The van der Waals surface area contributed by atoms with Gasteiger partial charge >= 0.3 is 0 Å². The van der Waals surface area contributed by atoms with Crippen LogP contribution in [0, 0.1) is 0 Å². The molecular weight excluding hydrogens is 180 g/mol. The Balaban J connectivity index is 2.58. The van der Waals surface area contributed by atoms with Crippen LogP contribution in [0.5, 0.6) is 0 Å². The molecule has 0 aliphatic rings. The maximum Gasteiger partial charge on any atom is 0.226 e. The van der Waals surface area contributed by atoms with Crippen molar-refractivity contribution < 1.29 is 9.21 Å². The highest BCUT2D eigenvalue weighted by atomic mass is 16.3. The summed E-state index contributed by atoms with van der Waals surface area (Å²) in [7, 11) is 0. The molecule has 0 spiro atoms. The zero-order chi connectivity index (χ0) is 10.1. The Hall–Kier alpha value is -1.68. The largest absolute Gasteiger partial charge is 0.445 e. The number of aromatic nitrogens is 1. The fraction of sp³-hybridized carbons (Fsp3) is 0.200. The van der Waals surface area contributed by atoms with Crippen molar-refractivity contribution in [1.82, 2.24) is 4.98 Å². The minimum absolute atomic E-state index is 0.128. The Morgan fingerprint density at radius 2 is 2.43 bits per heavy atom. The molecule has 0 aliphatic carbocycles. The maximum absolute atomic E-state index is 11.6. The highest BCUT2D eigenvalue weighted by Crippen LogP contribution is 2.19. The molecule has 2 rings (SSSR count). The van der Waals surface area contributed by atoms with Gasteiger partial charge < -0.3 is 10.2 Å². The van der Waals surface area contributed by atoms with Gasteiger partial charge in [-0.3, -0.25) is 4.79 Å². The first-order chi connectivity index (χ1) is 6.70. The number of fused-ring (bicyclic) bond motifs is 1. The van der Waals surface area contributed by atoms with Gasteiger partial charge in [0.1, 0.15) is 6.26 Å². The number of furan rings is 1. The Morgan fingerprint density at radius 1 is 1.64 bits per heavy atom. The molecule has 1 unspecified atom stereocenters. The third-order valence-corrected chi connectivity index (χ3v) is 2.03. The Labute approximate surface area is 80.7 Å². The number of carbonyl (C=O) groups is 1. The van der Waals surface area contributed by atoms with Crippen molar-refractivity contribution in [2.75, 3.05) is 0 Å². The summed E-state index contributed by atoms with van der Waals surface area (Å²) in [5.41, 5.74) is 6.48. The fourth-order valence-electron chi connectivity index (χ4n) is 1.30. The van der Waals surface area contributed by atoms with E-state index in [2.05, 4.69) is 4.98 Å². The third-order valence-electron chi connectivity index (χ3n) is 2.03. The van der Waals surface area contributed by atoms with Crippen molar-refractivity contribution in [3.63, 3.8) is 0 Å². The second kappa shape index (κ2) is 3.23. The number of nitrogens with zero attached hydrogens (tertiary/aromatic N) is 1. The van der Waals surface area contributed by atoms with Crippen LogP contribution >= 0.6 is 0 Å². The van der Waals surface area contributed by atoms with E-state index in [0.29, 0.717) is 11.3 Å². The lowest BCUT2D eigenvalue weighted by Gasteiger charge is -2.00. The van der Waals surface area contributed by atoms with Gasteiger partial charge in [-0.1, -0.05) is 0 Å². The van der Waals surface area contributed by atoms with Crippen LogP contribution in [0.4, 0.5) is 0 Å². The Kier molecular flexibility index (Phi) is 2.05. The van der Waals surface area contributed by atoms with Crippen LogP contribution in [0.3, 0.4) is 0 Å². The summed E-state index contributed by atoms with van der Waals surface area (Å²) in [4.78, 5) is 15.6. The van der Waals surface area contributed by atoms with Crippen molar-refractivity contribution in [2.45, 2.75) is 13.0 Å². The van der Waals surface area contributed by atoms with E-state index < -0.39 is 6.04 Å². The molecule has 0 aliphatic heterocycles. The molecular formula is C10H10N2O2. The van der Waals surface area contributed by atoms with E-state index in [1.54, 1.807) is 25.3 Å². The number of hydrogen-bond donors (Lipinski definition) is 1. The lowest BCUT2D eigenvalue weighted by Crippen LogP contribution is -2.26. The Morgan fingerprint density at radius 3 is 3.14 bits per heavy atom. The molecule has 2 aromatic rings. The number of nitrogens with two attached hydrogens (primary N) is 1. The van der Waals surface area contributed by atoms with E-state index in [4.69, 9.17) is 10.2 Å². The molecule has 2 aromatic heterocycles. The van der Waals surface area contributed by atoms with Crippen LogP contribution < -0.4 is 5.73 Å². The monoisotopic (exact) mass is 190 g/mol. The third kappa shape index (κ3) is 1.29. The average molecular weight is 190 g/mol. The van der Waals surface area contributed by atoms with E-state index in [9.17, 15) is 4.79 Å². The van der Waals surface area contributed by atoms with Crippen molar-refractivity contribution in [3.05, 3.63) is 30.2 Å². The van der Waals surface area contributed by atoms with Crippen molar-refractivity contribution >= 4 is 16.9 Å². The van der Waals surface area contributed by atoms with Gasteiger partial charge in [0.15, 0.2) is 5.78 Å².